The van der Waals surface area contributed by atoms with Crippen molar-refractivity contribution in [2.45, 2.75) is 12.8 Å². The molecule has 154 valence electrons. The monoisotopic (exact) mass is 475 g/mol. The Labute approximate surface area is 196 Å². The average molecular weight is 476 g/mol. The van der Waals surface area contributed by atoms with Crippen LogP contribution in [-0.4, -0.2) is 4.57 Å². The van der Waals surface area contributed by atoms with Crippen LogP contribution in [0.25, 0.3) is 44.9 Å². The Hall–Kier alpha value is -3.36. The molecule has 5 aromatic rings. The van der Waals surface area contributed by atoms with Gasteiger partial charge < -0.3 is 4.57 Å². The summed E-state index contributed by atoms with van der Waals surface area (Å²) in [6.45, 7) is 0. The molecule has 2 heteroatoms. The molecule has 0 aliphatic heterocycles. The molecular formula is C30H22BrN. The van der Waals surface area contributed by atoms with Crippen LogP contribution in [0.4, 0.5) is 0 Å². The number of benzene rings is 4. The van der Waals surface area contributed by atoms with Crippen LogP contribution in [0.1, 0.15) is 17.7 Å². The fourth-order valence-electron chi connectivity index (χ4n) is 4.77. The lowest BCUT2D eigenvalue weighted by atomic mass is 9.99. The Morgan fingerprint density at radius 1 is 0.656 bits per heavy atom. The smallest absolute Gasteiger partial charge is 0.0538 e. The van der Waals surface area contributed by atoms with Crippen LogP contribution in [0.5, 0.6) is 0 Å². The molecule has 1 aliphatic rings. The van der Waals surface area contributed by atoms with Gasteiger partial charge in [-0.3, -0.25) is 0 Å². The minimum atomic E-state index is 1.06. The fraction of sp³-hybridized carbons (Fsp3) is 0.0667. The summed E-state index contributed by atoms with van der Waals surface area (Å²) in [6.07, 6.45) is 6.76. The Morgan fingerprint density at radius 2 is 1.31 bits per heavy atom. The van der Waals surface area contributed by atoms with E-state index in [4.69, 9.17) is 0 Å². The van der Waals surface area contributed by atoms with Crippen LogP contribution in [0.2, 0.25) is 0 Å². The van der Waals surface area contributed by atoms with E-state index in [9.17, 15) is 0 Å². The molecule has 32 heavy (non-hydrogen) atoms. The van der Waals surface area contributed by atoms with Gasteiger partial charge in [0.1, 0.15) is 0 Å². The number of hydrogen-bond donors (Lipinski definition) is 0. The zero-order valence-electron chi connectivity index (χ0n) is 17.6. The number of halogens is 1. The Balaban J connectivity index is 1.50. The van der Waals surface area contributed by atoms with Crippen LogP contribution >= 0.6 is 15.9 Å². The second-order valence-corrected chi connectivity index (χ2v) is 9.20. The van der Waals surface area contributed by atoms with Gasteiger partial charge in [-0.05, 0) is 71.5 Å². The van der Waals surface area contributed by atoms with Crippen molar-refractivity contribution in [1.29, 1.82) is 0 Å². The number of hydrogen-bond acceptors (Lipinski definition) is 0. The van der Waals surface area contributed by atoms with E-state index >= 15 is 0 Å². The molecule has 0 radical (unpaired) electrons. The quantitative estimate of drug-likeness (QED) is 0.246. The Kier molecular flexibility index (Phi) is 4.81. The third-order valence-electron chi connectivity index (χ3n) is 6.35. The van der Waals surface area contributed by atoms with Gasteiger partial charge in [0.2, 0.25) is 0 Å². The second-order valence-electron chi connectivity index (χ2n) is 8.29. The molecule has 0 saturated heterocycles. The largest absolute Gasteiger partial charge is 0.313 e. The van der Waals surface area contributed by atoms with Gasteiger partial charge in [0.15, 0.2) is 0 Å². The van der Waals surface area contributed by atoms with Crippen LogP contribution < -0.4 is 0 Å². The molecule has 6 rings (SSSR count). The van der Waals surface area contributed by atoms with Gasteiger partial charge in [-0.25, -0.2) is 0 Å². The van der Waals surface area contributed by atoms with E-state index in [-0.39, 0.29) is 0 Å². The normalized spacial score (nSPS) is 12.8. The van der Waals surface area contributed by atoms with E-state index in [1.54, 1.807) is 0 Å². The third-order valence-corrected chi connectivity index (χ3v) is 6.88. The molecule has 4 aromatic carbocycles. The van der Waals surface area contributed by atoms with Crippen molar-refractivity contribution in [3.05, 3.63) is 119 Å². The summed E-state index contributed by atoms with van der Waals surface area (Å²) in [5.74, 6) is 0. The van der Waals surface area contributed by atoms with E-state index in [0.29, 0.717) is 0 Å². The predicted molar refractivity (Wildman–Crippen MR) is 139 cm³/mol. The van der Waals surface area contributed by atoms with E-state index in [1.807, 2.05) is 0 Å². The fourth-order valence-corrected chi connectivity index (χ4v) is 5.04. The first-order valence-corrected chi connectivity index (χ1v) is 11.8. The number of allylic oxidation sites excluding steroid dienone is 1. The summed E-state index contributed by atoms with van der Waals surface area (Å²) in [7, 11) is 0. The minimum Gasteiger partial charge on any atom is -0.313 e. The zero-order valence-corrected chi connectivity index (χ0v) is 19.2. The summed E-state index contributed by atoms with van der Waals surface area (Å²) in [5, 5.41) is 1.32. The first-order valence-electron chi connectivity index (χ1n) is 11.0. The van der Waals surface area contributed by atoms with Crippen molar-refractivity contribution >= 4 is 32.9 Å². The molecule has 1 aromatic heterocycles. The molecule has 1 heterocycles. The summed E-state index contributed by atoms with van der Waals surface area (Å²) >= 11 is 3.54. The first-order chi connectivity index (χ1) is 15.8. The van der Waals surface area contributed by atoms with Gasteiger partial charge in [0, 0.05) is 26.8 Å². The second kappa shape index (κ2) is 7.96. The van der Waals surface area contributed by atoms with Crippen LogP contribution in [0.3, 0.4) is 0 Å². The highest BCUT2D eigenvalue weighted by molar-refractivity contribution is 9.10. The topological polar surface area (TPSA) is 4.93 Å². The van der Waals surface area contributed by atoms with Crippen LogP contribution in [-0.2, 0) is 6.42 Å². The van der Waals surface area contributed by atoms with Crippen molar-refractivity contribution in [2.24, 2.45) is 0 Å². The molecule has 0 atom stereocenters. The summed E-state index contributed by atoms with van der Waals surface area (Å²) in [5.41, 5.74) is 10.3. The van der Waals surface area contributed by atoms with E-state index in [2.05, 4.69) is 130 Å². The summed E-state index contributed by atoms with van der Waals surface area (Å²) < 4.78 is 3.56. The highest BCUT2D eigenvalue weighted by Crippen LogP contribution is 2.37. The number of fused-ring (bicyclic) bond motifs is 3. The SMILES string of the molecule is Brc1ccc(-c2ccc3c(c2)c2c(n3-c3ccc(-c4ccccc4)cc3)CCC=C2)cc1. The van der Waals surface area contributed by atoms with Gasteiger partial charge in [-0.2, -0.15) is 0 Å². The molecule has 1 nitrogen and oxygen atoms in total. The number of rotatable bonds is 3. The average Bonchev–Trinajstić information content (AvgIpc) is 3.19. The lowest BCUT2D eigenvalue weighted by Crippen LogP contribution is -2.02. The Morgan fingerprint density at radius 3 is 2.09 bits per heavy atom. The minimum absolute atomic E-state index is 1.06. The van der Waals surface area contributed by atoms with Gasteiger partial charge in [-0.15, -0.1) is 0 Å². The van der Waals surface area contributed by atoms with Crippen molar-refractivity contribution in [2.75, 3.05) is 0 Å². The predicted octanol–water partition coefficient (Wildman–Crippen LogP) is 8.69. The molecule has 0 spiro atoms. The maximum absolute atomic E-state index is 3.54. The molecule has 0 N–H and O–H groups in total. The van der Waals surface area contributed by atoms with Crippen LogP contribution in [0.15, 0.2) is 108 Å². The molecule has 1 aliphatic carbocycles. The number of nitrogens with zero attached hydrogens (tertiary/aromatic N) is 1. The van der Waals surface area contributed by atoms with E-state index in [0.717, 1.165) is 17.3 Å². The van der Waals surface area contributed by atoms with Crippen molar-refractivity contribution in [1.82, 2.24) is 4.57 Å². The molecule has 0 amide bonds. The summed E-state index contributed by atoms with van der Waals surface area (Å²) in [4.78, 5) is 0. The molecule has 0 bridgehead atoms. The maximum atomic E-state index is 3.54. The highest BCUT2D eigenvalue weighted by atomic mass is 79.9. The van der Waals surface area contributed by atoms with Gasteiger partial charge in [-0.1, -0.05) is 88.7 Å². The lowest BCUT2D eigenvalue weighted by molar-refractivity contribution is 0.888. The van der Waals surface area contributed by atoms with Crippen molar-refractivity contribution < 1.29 is 0 Å². The molecule has 0 unspecified atom stereocenters. The third kappa shape index (κ3) is 3.32. The highest BCUT2D eigenvalue weighted by Gasteiger charge is 2.19. The standard InChI is InChI=1S/C30H22BrN/c31-25-15-10-23(11-16-25)24-14-19-30-28(20-24)27-8-4-5-9-29(27)32(30)26-17-12-22(13-18-26)21-6-2-1-3-7-21/h1-4,6-8,10-20H,5,9H2. The van der Waals surface area contributed by atoms with Crippen LogP contribution in [0, 0.1) is 0 Å². The van der Waals surface area contributed by atoms with Crippen molar-refractivity contribution in [3.63, 3.8) is 0 Å². The number of aromatic nitrogens is 1. The van der Waals surface area contributed by atoms with Crippen molar-refractivity contribution in [3.8, 4) is 27.9 Å². The first kappa shape index (κ1) is 19.3. The van der Waals surface area contributed by atoms with E-state index < -0.39 is 0 Å². The molecule has 0 saturated carbocycles. The van der Waals surface area contributed by atoms with Gasteiger partial charge in [0.05, 0.1) is 5.52 Å². The summed E-state index contributed by atoms with van der Waals surface area (Å²) in [6, 6.07) is 35.0. The maximum Gasteiger partial charge on any atom is 0.0538 e. The van der Waals surface area contributed by atoms with E-state index in [1.165, 1.54) is 50.1 Å². The van der Waals surface area contributed by atoms with Gasteiger partial charge >= 0.3 is 0 Å². The molecule has 0 fully saturated rings. The molecular weight excluding hydrogens is 454 g/mol. The zero-order chi connectivity index (χ0) is 21.5. The van der Waals surface area contributed by atoms with Gasteiger partial charge in [0.25, 0.3) is 0 Å². The Bertz CT molecular complexity index is 1440. The lowest BCUT2D eigenvalue weighted by Gasteiger charge is -2.14.